The lowest BCUT2D eigenvalue weighted by Gasteiger charge is -2.32. The number of rotatable bonds is 10. The van der Waals surface area contributed by atoms with Gasteiger partial charge in [-0.2, -0.15) is 0 Å². The van der Waals surface area contributed by atoms with Crippen molar-refractivity contribution in [3.63, 3.8) is 0 Å². The number of H-pyrrole nitrogens is 1. The lowest BCUT2D eigenvalue weighted by Crippen LogP contribution is -2.42. The van der Waals surface area contributed by atoms with Gasteiger partial charge >= 0.3 is 5.69 Å². The summed E-state index contributed by atoms with van der Waals surface area (Å²) in [6, 6.07) is 15.6. The summed E-state index contributed by atoms with van der Waals surface area (Å²) in [7, 11) is 3.20. The van der Waals surface area contributed by atoms with E-state index in [0.29, 0.717) is 49.9 Å². The molecule has 10 heteroatoms. The van der Waals surface area contributed by atoms with Crippen molar-refractivity contribution < 1.29 is 19.1 Å². The number of methoxy groups -OCH3 is 2. The molecule has 2 atom stereocenters. The van der Waals surface area contributed by atoms with E-state index in [1.165, 1.54) is 11.8 Å². The van der Waals surface area contributed by atoms with Gasteiger partial charge in [0.1, 0.15) is 5.37 Å². The number of aromatic nitrogens is 2. The lowest BCUT2D eigenvalue weighted by atomic mass is 10.0. The summed E-state index contributed by atoms with van der Waals surface area (Å²) in [5.74, 6) is 1.70. The van der Waals surface area contributed by atoms with Crippen molar-refractivity contribution in [1.29, 1.82) is 0 Å². The molecule has 0 saturated carbocycles. The van der Waals surface area contributed by atoms with E-state index in [9.17, 15) is 14.4 Å². The number of nitrogens with one attached hydrogen (secondary N) is 1. The zero-order valence-corrected chi connectivity index (χ0v) is 25.6. The minimum atomic E-state index is -0.443. The van der Waals surface area contributed by atoms with E-state index in [2.05, 4.69) is 18.8 Å². The highest BCUT2D eigenvalue weighted by molar-refractivity contribution is 8.01. The van der Waals surface area contributed by atoms with Crippen LogP contribution < -0.4 is 15.2 Å². The second kappa shape index (κ2) is 13.1. The van der Waals surface area contributed by atoms with E-state index in [0.717, 1.165) is 23.2 Å². The summed E-state index contributed by atoms with van der Waals surface area (Å²) in [4.78, 5) is 46.5. The molecule has 1 aromatic heterocycles. The number of ether oxygens (including phenoxy) is 2. The first-order valence-corrected chi connectivity index (χ1v) is 15.6. The predicted octanol–water partition coefficient (Wildman–Crippen LogP) is 5.10. The first kappa shape index (κ1) is 29.8. The third kappa shape index (κ3) is 6.38. The topological polar surface area (TPSA) is 96.9 Å². The molecular weight excluding hydrogens is 552 g/mol. The van der Waals surface area contributed by atoms with Crippen molar-refractivity contribution in [2.45, 2.75) is 56.2 Å². The van der Waals surface area contributed by atoms with Crippen LogP contribution in [-0.4, -0.2) is 70.3 Å². The Labute approximate surface area is 251 Å². The highest BCUT2D eigenvalue weighted by Crippen LogP contribution is 2.46. The maximum Gasteiger partial charge on any atom is 0.326 e. The summed E-state index contributed by atoms with van der Waals surface area (Å²) in [6.07, 6.45) is 4.32. The van der Waals surface area contributed by atoms with Crippen molar-refractivity contribution in [1.82, 2.24) is 19.4 Å². The number of benzene rings is 2. The monoisotopic (exact) mass is 592 g/mol. The van der Waals surface area contributed by atoms with E-state index in [4.69, 9.17) is 9.47 Å². The molecule has 42 heavy (non-hydrogen) atoms. The first-order chi connectivity index (χ1) is 20.3. The fourth-order valence-electron chi connectivity index (χ4n) is 5.74. The Kier molecular flexibility index (Phi) is 9.30. The van der Waals surface area contributed by atoms with Gasteiger partial charge in [0.15, 0.2) is 11.5 Å². The summed E-state index contributed by atoms with van der Waals surface area (Å²) in [5.41, 5.74) is 2.59. The third-order valence-corrected chi connectivity index (χ3v) is 9.66. The molecule has 2 aliphatic rings. The molecular formula is C32H40N4O5S. The third-order valence-electron chi connectivity index (χ3n) is 8.17. The predicted molar refractivity (Wildman–Crippen MR) is 165 cm³/mol. The fourth-order valence-corrected chi connectivity index (χ4v) is 7.20. The largest absolute Gasteiger partial charge is 0.493 e. The Morgan fingerprint density at radius 2 is 1.74 bits per heavy atom. The Bertz CT molecular complexity index is 1440. The second-order valence-corrected chi connectivity index (χ2v) is 12.7. The van der Waals surface area contributed by atoms with E-state index in [1.54, 1.807) is 18.8 Å². The Hall–Kier alpha value is -3.66. The van der Waals surface area contributed by atoms with Crippen LogP contribution in [0.2, 0.25) is 0 Å². The normalized spacial score (nSPS) is 19.5. The van der Waals surface area contributed by atoms with E-state index in [-0.39, 0.29) is 35.3 Å². The number of thioether (sulfide) groups is 1. The van der Waals surface area contributed by atoms with Gasteiger partial charge in [-0.05, 0) is 48.4 Å². The van der Waals surface area contributed by atoms with Crippen LogP contribution in [0.25, 0.3) is 11.3 Å². The van der Waals surface area contributed by atoms with Crippen LogP contribution in [0.3, 0.4) is 0 Å². The van der Waals surface area contributed by atoms with E-state index in [1.807, 2.05) is 64.5 Å². The minimum absolute atomic E-state index is 0.0102. The van der Waals surface area contributed by atoms with Crippen molar-refractivity contribution in [2.24, 2.45) is 5.92 Å². The molecule has 0 bridgehead atoms. The van der Waals surface area contributed by atoms with Gasteiger partial charge in [0.2, 0.25) is 11.8 Å². The van der Waals surface area contributed by atoms with Crippen molar-refractivity contribution >= 4 is 23.6 Å². The van der Waals surface area contributed by atoms with Gasteiger partial charge in [-0.15, -0.1) is 11.8 Å². The average molecular weight is 593 g/mol. The summed E-state index contributed by atoms with van der Waals surface area (Å²) in [6.45, 7) is 6.05. The molecule has 1 N–H and O–H groups in total. The van der Waals surface area contributed by atoms with Crippen LogP contribution in [0.1, 0.15) is 56.5 Å². The number of hydrogen-bond acceptors (Lipinski definition) is 6. The molecule has 0 radical (unpaired) electrons. The number of carbonyl (C=O) groups is 2. The molecule has 224 valence electrons. The van der Waals surface area contributed by atoms with Gasteiger partial charge in [0.25, 0.3) is 0 Å². The number of piperidine rings is 1. The van der Waals surface area contributed by atoms with Crippen LogP contribution in [0.5, 0.6) is 11.5 Å². The van der Waals surface area contributed by atoms with Crippen molar-refractivity contribution in [2.75, 3.05) is 33.9 Å². The minimum Gasteiger partial charge on any atom is -0.493 e. The number of imidazole rings is 1. The van der Waals surface area contributed by atoms with Gasteiger partial charge in [-0.1, -0.05) is 50.2 Å². The molecule has 3 aromatic rings. The molecule has 5 rings (SSSR count). The highest BCUT2D eigenvalue weighted by Gasteiger charge is 2.42. The maximum absolute atomic E-state index is 13.6. The zero-order chi connectivity index (χ0) is 29.8. The summed E-state index contributed by atoms with van der Waals surface area (Å²) in [5, 5.41) is -0.639. The van der Waals surface area contributed by atoms with Gasteiger partial charge in [0.05, 0.1) is 25.2 Å². The molecule has 2 saturated heterocycles. The zero-order valence-electron chi connectivity index (χ0n) is 24.7. The van der Waals surface area contributed by atoms with Crippen LogP contribution in [-0.2, 0) is 9.59 Å². The number of likely N-dealkylation sites (tertiary alicyclic amines) is 1. The van der Waals surface area contributed by atoms with E-state index >= 15 is 0 Å². The Morgan fingerprint density at radius 3 is 2.40 bits per heavy atom. The van der Waals surface area contributed by atoms with Crippen LogP contribution in [0, 0.1) is 5.92 Å². The lowest BCUT2D eigenvalue weighted by molar-refractivity contribution is -0.136. The van der Waals surface area contributed by atoms with Gasteiger partial charge < -0.3 is 24.3 Å². The van der Waals surface area contributed by atoms with Crippen molar-refractivity contribution in [3.05, 3.63) is 70.8 Å². The molecule has 9 nitrogen and oxygen atoms in total. The number of aromatic amines is 1. The summed E-state index contributed by atoms with van der Waals surface area (Å²) < 4.78 is 12.7. The SMILES string of the molecule is COc1ccc(C2SC(CC(=O)N3CCC(n4cc(-c5ccccc5)[nH]c4=O)CC3)C(=O)N2CCC(C)C)cc1OC. The molecule has 0 spiro atoms. The Balaban J connectivity index is 1.24. The quantitative estimate of drug-likeness (QED) is 0.352. The molecule has 3 heterocycles. The average Bonchev–Trinajstić information content (AvgIpc) is 3.55. The molecule has 0 aliphatic carbocycles. The fraction of sp³-hybridized carbons (Fsp3) is 0.469. The second-order valence-electron chi connectivity index (χ2n) is 11.4. The van der Waals surface area contributed by atoms with E-state index < -0.39 is 5.25 Å². The molecule has 2 unspecified atom stereocenters. The molecule has 2 aliphatic heterocycles. The van der Waals surface area contributed by atoms with Crippen LogP contribution >= 0.6 is 11.8 Å². The van der Waals surface area contributed by atoms with Crippen LogP contribution in [0.4, 0.5) is 0 Å². The Morgan fingerprint density at radius 1 is 1.02 bits per heavy atom. The number of carbonyl (C=O) groups excluding carboxylic acids is 2. The summed E-state index contributed by atoms with van der Waals surface area (Å²) >= 11 is 1.54. The molecule has 2 aromatic carbocycles. The van der Waals surface area contributed by atoms with Gasteiger partial charge in [-0.25, -0.2) is 4.79 Å². The first-order valence-electron chi connectivity index (χ1n) is 14.6. The number of hydrogen-bond donors (Lipinski definition) is 1. The molecule has 2 fully saturated rings. The molecule has 2 amide bonds. The smallest absolute Gasteiger partial charge is 0.326 e. The van der Waals surface area contributed by atoms with Gasteiger partial charge in [0, 0.05) is 38.3 Å². The maximum atomic E-state index is 13.6. The standard InChI is InChI=1S/C32H40N4O5S/c1-21(2)12-17-35-30(38)28(42-31(35)23-10-11-26(40-3)27(18-23)41-4)19-29(37)34-15-13-24(14-16-34)36-20-25(33-32(36)39)22-8-6-5-7-9-22/h5-11,18,20-21,24,28,31H,12-17,19H2,1-4H3,(H,33,39). The van der Waals surface area contributed by atoms with Gasteiger partial charge in [-0.3, -0.25) is 14.2 Å². The highest BCUT2D eigenvalue weighted by atomic mass is 32.2. The number of amides is 2. The van der Waals surface area contributed by atoms with Crippen LogP contribution in [0.15, 0.2) is 59.5 Å². The van der Waals surface area contributed by atoms with Crippen molar-refractivity contribution in [3.8, 4) is 22.8 Å². The number of nitrogens with zero attached hydrogens (tertiary/aromatic N) is 3.